The van der Waals surface area contributed by atoms with Crippen molar-refractivity contribution in [3.05, 3.63) is 81.8 Å². The van der Waals surface area contributed by atoms with E-state index in [0.717, 1.165) is 17.8 Å². The molecule has 4 nitrogen and oxygen atoms in total. The predicted molar refractivity (Wildman–Crippen MR) is 100 cm³/mol. The van der Waals surface area contributed by atoms with E-state index in [0.29, 0.717) is 23.5 Å². The number of alkyl halides is 3. The Labute approximate surface area is 164 Å². The van der Waals surface area contributed by atoms with E-state index in [4.69, 9.17) is 4.74 Å². The van der Waals surface area contributed by atoms with Gasteiger partial charge in [0.2, 0.25) is 0 Å². The minimum atomic E-state index is -4.42. The topological polar surface area (TPSA) is 51.2 Å². The van der Waals surface area contributed by atoms with Gasteiger partial charge in [-0.2, -0.15) is 13.2 Å². The van der Waals surface area contributed by atoms with Crippen LogP contribution in [0.15, 0.2) is 59.4 Å². The molecule has 0 bridgehead atoms. The van der Waals surface area contributed by atoms with Gasteiger partial charge in [0.05, 0.1) is 22.8 Å². The van der Waals surface area contributed by atoms with E-state index in [1.54, 1.807) is 42.8 Å². The second kappa shape index (κ2) is 8.43. The molecule has 0 fully saturated rings. The summed E-state index contributed by atoms with van der Waals surface area (Å²) in [5, 5.41) is 4.60. The van der Waals surface area contributed by atoms with E-state index in [9.17, 15) is 18.0 Å². The van der Waals surface area contributed by atoms with E-state index >= 15 is 0 Å². The summed E-state index contributed by atoms with van der Waals surface area (Å²) in [7, 11) is 0. The van der Waals surface area contributed by atoms with Gasteiger partial charge in [-0.3, -0.25) is 4.79 Å². The number of rotatable bonds is 6. The van der Waals surface area contributed by atoms with Crippen molar-refractivity contribution < 1.29 is 22.7 Å². The van der Waals surface area contributed by atoms with E-state index in [1.807, 2.05) is 5.38 Å². The maximum Gasteiger partial charge on any atom is 0.416 e. The Bertz CT molecular complexity index is 925. The predicted octanol–water partition coefficient (Wildman–Crippen LogP) is 5.23. The smallest absolute Gasteiger partial charge is 0.416 e. The highest BCUT2D eigenvalue weighted by Gasteiger charge is 2.30. The average molecular weight is 406 g/mol. The molecule has 0 aliphatic carbocycles. The third kappa shape index (κ3) is 5.10. The number of halogens is 3. The summed E-state index contributed by atoms with van der Waals surface area (Å²) < 4.78 is 44.1. The molecule has 3 rings (SSSR count). The van der Waals surface area contributed by atoms with Gasteiger partial charge in [0.15, 0.2) is 0 Å². The fraction of sp³-hybridized carbons (Fsp3) is 0.200. The van der Waals surface area contributed by atoms with Gasteiger partial charge in [0.25, 0.3) is 5.91 Å². The number of carbonyl (C=O) groups excluding carboxylic acids is 1. The van der Waals surface area contributed by atoms with Crippen LogP contribution in [0.25, 0.3) is 0 Å². The second-order valence-electron chi connectivity index (χ2n) is 6.11. The molecule has 0 saturated carbocycles. The third-order valence-electron chi connectivity index (χ3n) is 4.05. The van der Waals surface area contributed by atoms with Crippen LogP contribution in [0.3, 0.4) is 0 Å². The first-order chi connectivity index (χ1) is 13.3. The first-order valence-electron chi connectivity index (χ1n) is 8.41. The van der Waals surface area contributed by atoms with Crippen LogP contribution >= 0.6 is 11.3 Å². The van der Waals surface area contributed by atoms with E-state index in [1.165, 1.54) is 17.4 Å². The zero-order chi connectivity index (χ0) is 20.1. The summed E-state index contributed by atoms with van der Waals surface area (Å²) in [5.74, 6) is 0.214. The molecule has 1 unspecified atom stereocenters. The van der Waals surface area contributed by atoms with Crippen molar-refractivity contribution in [2.24, 2.45) is 0 Å². The molecule has 1 heterocycles. The summed E-state index contributed by atoms with van der Waals surface area (Å²) in [6, 6.07) is 10.9. The largest absolute Gasteiger partial charge is 0.487 e. The number of thiazole rings is 1. The Kier molecular flexibility index (Phi) is 5.99. The minimum absolute atomic E-state index is 0.335. The van der Waals surface area contributed by atoms with Gasteiger partial charge in [0, 0.05) is 10.9 Å². The number of benzene rings is 2. The monoisotopic (exact) mass is 406 g/mol. The highest BCUT2D eigenvalue weighted by atomic mass is 32.1. The Hall–Kier alpha value is -2.87. The van der Waals surface area contributed by atoms with Crippen LogP contribution < -0.4 is 10.1 Å². The maximum atomic E-state index is 12.8. The normalized spacial score (nSPS) is 12.4. The van der Waals surface area contributed by atoms with E-state index in [-0.39, 0.29) is 5.91 Å². The molecule has 0 saturated heterocycles. The number of amides is 1. The molecular weight excluding hydrogens is 389 g/mol. The van der Waals surface area contributed by atoms with Crippen molar-refractivity contribution in [1.29, 1.82) is 0 Å². The van der Waals surface area contributed by atoms with Crippen LogP contribution in [0.4, 0.5) is 13.2 Å². The maximum absolute atomic E-state index is 12.8. The van der Waals surface area contributed by atoms with Crippen molar-refractivity contribution in [2.45, 2.75) is 25.7 Å². The summed E-state index contributed by atoms with van der Waals surface area (Å²) in [5.41, 5.74) is 2.57. The van der Waals surface area contributed by atoms with Crippen molar-refractivity contribution in [3.8, 4) is 5.75 Å². The van der Waals surface area contributed by atoms with Crippen LogP contribution in [-0.2, 0) is 12.8 Å². The van der Waals surface area contributed by atoms with Gasteiger partial charge in [-0.05, 0) is 48.9 Å². The average Bonchev–Trinajstić information content (AvgIpc) is 3.20. The molecule has 1 atom stereocenters. The Morgan fingerprint density at radius 2 is 1.96 bits per heavy atom. The lowest BCUT2D eigenvalue weighted by Crippen LogP contribution is -2.26. The third-order valence-corrected chi connectivity index (χ3v) is 4.68. The number of ether oxygens (including phenoxy) is 1. The van der Waals surface area contributed by atoms with Crippen molar-refractivity contribution in [3.63, 3.8) is 0 Å². The SMILES string of the molecule is CC(NC(=O)c1ccc(OCc2cscn2)cc1)c1cccc(C(F)(F)F)c1. The molecule has 2 aromatic carbocycles. The van der Waals surface area contributed by atoms with Gasteiger partial charge in [0.1, 0.15) is 12.4 Å². The Balaban J connectivity index is 1.61. The fourth-order valence-corrected chi connectivity index (χ4v) is 3.06. The molecule has 1 amide bonds. The summed E-state index contributed by atoms with van der Waals surface area (Å²) in [6.07, 6.45) is -4.42. The van der Waals surface area contributed by atoms with Gasteiger partial charge in [-0.1, -0.05) is 12.1 Å². The van der Waals surface area contributed by atoms with E-state index in [2.05, 4.69) is 10.3 Å². The fourth-order valence-electron chi connectivity index (χ4n) is 2.52. The van der Waals surface area contributed by atoms with Crippen LogP contribution in [0.2, 0.25) is 0 Å². The Morgan fingerprint density at radius 1 is 1.21 bits per heavy atom. The highest BCUT2D eigenvalue weighted by molar-refractivity contribution is 7.07. The van der Waals surface area contributed by atoms with Crippen molar-refractivity contribution >= 4 is 17.2 Å². The second-order valence-corrected chi connectivity index (χ2v) is 6.83. The number of nitrogens with zero attached hydrogens (tertiary/aromatic N) is 1. The molecular formula is C20H17F3N2O2S. The molecule has 0 aliphatic heterocycles. The zero-order valence-corrected chi connectivity index (χ0v) is 15.7. The molecule has 3 aromatic rings. The van der Waals surface area contributed by atoms with Crippen LogP contribution in [0.1, 0.15) is 40.1 Å². The molecule has 28 heavy (non-hydrogen) atoms. The quantitative estimate of drug-likeness (QED) is 0.610. The van der Waals surface area contributed by atoms with Gasteiger partial charge in [-0.15, -0.1) is 11.3 Å². The minimum Gasteiger partial charge on any atom is -0.487 e. The number of hydrogen-bond acceptors (Lipinski definition) is 4. The standard InChI is InChI=1S/C20H17F3N2O2S/c1-13(15-3-2-4-16(9-15)20(21,22)23)25-19(26)14-5-7-18(8-6-14)27-10-17-11-28-12-24-17/h2-9,11-13H,10H2,1H3,(H,25,26). The lowest BCUT2D eigenvalue weighted by atomic mass is 10.0. The molecule has 1 aromatic heterocycles. The number of hydrogen-bond donors (Lipinski definition) is 1. The first kappa shape index (κ1) is 19.9. The lowest BCUT2D eigenvalue weighted by molar-refractivity contribution is -0.137. The van der Waals surface area contributed by atoms with Gasteiger partial charge >= 0.3 is 6.18 Å². The summed E-state index contributed by atoms with van der Waals surface area (Å²) >= 11 is 1.48. The number of carbonyl (C=O) groups is 1. The van der Waals surface area contributed by atoms with Gasteiger partial charge in [-0.25, -0.2) is 4.98 Å². The molecule has 8 heteroatoms. The molecule has 0 aliphatic rings. The first-order valence-corrected chi connectivity index (χ1v) is 9.35. The van der Waals surface area contributed by atoms with Crippen LogP contribution in [0.5, 0.6) is 5.75 Å². The van der Waals surface area contributed by atoms with Crippen LogP contribution in [0, 0.1) is 0 Å². The highest BCUT2D eigenvalue weighted by Crippen LogP contribution is 2.30. The summed E-state index contributed by atoms with van der Waals surface area (Å²) in [4.78, 5) is 16.5. The van der Waals surface area contributed by atoms with Crippen LogP contribution in [-0.4, -0.2) is 10.9 Å². The van der Waals surface area contributed by atoms with E-state index < -0.39 is 17.8 Å². The number of nitrogens with one attached hydrogen (secondary N) is 1. The Morgan fingerprint density at radius 3 is 2.61 bits per heavy atom. The van der Waals surface area contributed by atoms with Gasteiger partial charge < -0.3 is 10.1 Å². The molecule has 0 radical (unpaired) electrons. The van der Waals surface area contributed by atoms with Crippen molar-refractivity contribution in [2.75, 3.05) is 0 Å². The summed E-state index contributed by atoms with van der Waals surface area (Å²) in [6.45, 7) is 1.97. The zero-order valence-electron chi connectivity index (χ0n) is 14.9. The number of aromatic nitrogens is 1. The van der Waals surface area contributed by atoms with Crippen molar-refractivity contribution in [1.82, 2.24) is 10.3 Å². The molecule has 1 N–H and O–H groups in total. The molecule has 146 valence electrons. The molecule has 0 spiro atoms. The lowest BCUT2D eigenvalue weighted by Gasteiger charge is -2.16.